The SMILES string of the molecule is CC(CCCC(=O)O)NC(=O)NC1CC1(C)C. The molecule has 98 valence electrons. The first-order chi connectivity index (χ1) is 7.81. The quantitative estimate of drug-likeness (QED) is 0.663. The van der Waals surface area contributed by atoms with E-state index in [0.29, 0.717) is 12.8 Å². The van der Waals surface area contributed by atoms with Crippen molar-refractivity contribution in [3.05, 3.63) is 0 Å². The molecule has 0 aliphatic heterocycles. The van der Waals surface area contributed by atoms with Crippen LogP contribution in [-0.2, 0) is 4.79 Å². The molecule has 17 heavy (non-hydrogen) atoms. The number of carboxylic acid groups (broad SMARTS) is 1. The summed E-state index contributed by atoms with van der Waals surface area (Å²) in [5.41, 5.74) is 0.226. The number of aliphatic carboxylic acids is 1. The summed E-state index contributed by atoms with van der Waals surface area (Å²) >= 11 is 0. The maximum Gasteiger partial charge on any atom is 0.315 e. The van der Waals surface area contributed by atoms with E-state index >= 15 is 0 Å². The molecule has 0 aromatic heterocycles. The van der Waals surface area contributed by atoms with E-state index in [4.69, 9.17) is 5.11 Å². The van der Waals surface area contributed by atoms with E-state index in [9.17, 15) is 9.59 Å². The average Bonchev–Trinajstić information content (AvgIpc) is 2.71. The molecule has 2 amide bonds. The zero-order chi connectivity index (χ0) is 13.1. The Balaban J connectivity index is 2.11. The van der Waals surface area contributed by atoms with E-state index in [0.717, 1.165) is 6.42 Å². The molecule has 1 rings (SSSR count). The summed E-state index contributed by atoms with van der Waals surface area (Å²) in [5.74, 6) is -0.790. The van der Waals surface area contributed by atoms with Crippen molar-refractivity contribution in [1.82, 2.24) is 10.6 Å². The summed E-state index contributed by atoms with van der Waals surface area (Å²) in [5, 5.41) is 14.2. The molecule has 0 aromatic rings. The topological polar surface area (TPSA) is 78.4 Å². The van der Waals surface area contributed by atoms with Crippen molar-refractivity contribution in [3.63, 3.8) is 0 Å². The predicted octanol–water partition coefficient (Wildman–Crippen LogP) is 1.73. The molecule has 0 saturated heterocycles. The minimum absolute atomic E-state index is 0.0104. The van der Waals surface area contributed by atoms with E-state index in [-0.39, 0.29) is 30.0 Å². The van der Waals surface area contributed by atoms with Crippen molar-refractivity contribution in [3.8, 4) is 0 Å². The van der Waals surface area contributed by atoms with Gasteiger partial charge in [0.2, 0.25) is 0 Å². The first-order valence-corrected chi connectivity index (χ1v) is 6.10. The highest BCUT2D eigenvalue weighted by Crippen LogP contribution is 2.44. The Morgan fingerprint density at radius 1 is 1.47 bits per heavy atom. The number of rotatable bonds is 6. The van der Waals surface area contributed by atoms with Gasteiger partial charge in [0.1, 0.15) is 0 Å². The molecule has 2 atom stereocenters. The first kappa shape index (κ1) is 13.8. The lowest BCUT2D eigenvalue weighted by Crippen LogP contribution is -2.42. The van der Waals surface area contributed by atoms with E-state index in [1.807, 2.05) is 6.92 Å². The summed E-state index contributed by atoms with van der Waals surface area (Å²) in [7, 11) is 0. The van der Waals surface area contributed by atoms with Crippen molar-refractivity contribution >= 4 is 12.0 Å². The number of carbonyl (C=O) groups excluding carboxylic acids is 1. The molecule has 1 aliphatic carbocycles. The fourth-order valence-electron chi connectivity index (χ4n) is 1.77. The van der Waals surface area contributed by atoms with Crippen LogP contribution in [0.15, 0.2) is 0 Å². The van der Waals surface area contributed by atoms with Gasteiger partial charge in [-0.3, -0.25) is 4.79 Å². The van der Waals surface area contributed by atoms with E-state index < -0.39 is 5.97 Å². The van der Waals surface area contributed by atoms with Gasteiger partial charge in [0.25, 0.3) is 0 Å². The third-order valence-electron chi connectivity index (χ3n) is 3.22. The molecule has 0 bridgehead atoms. The van der Waals surface area contributed by atoms with E-state index in [1.54, 1.807) is 0 Å². The molecule has 0 heterocycles. The lowest BCUT2D eigenvalue weighted by Gasteiger charge is -2.14. The number of carbonyl (C=O) groups is 2. The second-order valence-corrected chi connectivity index (χ2v) is 5.55. The van der Waals surface area contributed by atoms with Gasteiger partial charge in [-0.1, -0.05) is 13.8 Å². The third-order valence-corrected chi connectivity index (χ3v) is 3.22. The van der Waals surface area contributed by atoms with Gasteiger partial charge in [0.05, 0.1) is 0 Å². The molecule has 3 N–H and O–H groups in total. The van der Waals surface area contributed by atoms with Crippen LogP contribution >= 0.6 is 0 Å². The standard InChI is InChI=1S/C12H22N2O3/c1-8(5-4-6-10(15)16)13-11(17)14-9-7-12(9,2)3/h8-9H,4-7H2,1-3H3,(H,15,16)(H2,13,14,17). The van der Waals surface area contributed by atoms with Gasteiger partial charge in [0, 0.05) is 18.5 Å². The summed E-state index contributed by atoms with van der Waals surface area (Å²) in [6.07, 6.45) is 2.45. The zero-order valence-corrected chi connectivity index (χ0v) is 10.7. The van der Waals surface area contributed by atoms with Crippen LogP contribution in [0.2, 0.25) is 0 Å². The van der Waals surface area contributed by atoms with Gasteiger partial charge in [-0.15, -0.1) is 0 Å². The molecule has 0 radical (unpaired) electrons. The Hall–Kier alpha value is -1.26. The summed E-state index contributed by atoms with van der Waals surface area (Å²) in [6, 6.07) is 0.133. The largest absolute Gasteiger partial charge is 0.481 e. The zero-order valence-electron chi connectivity index (χ0n) is 10.7. The molecule has 1 aliphatic rings. The van der Waals surface area contributed by atoms with Crippen molar-refractivity contribution in [2.45, 2.75) is 58.5 Å². The highest BCUT2D eigenvalue weighted by atomic mass is 16.4. The fourth-order valence-corrected chi connectivity index (χ4v) is 1.77. The van der Waals surface area contributed by atoms with Crippen LogP contribution in [0.1, 0.15) is 46.5 Å². The van der Waals surface area contributed by atoms with Crippen LogP contribution in [0.5, 0.6) is 0 Å². The summed E-state index contributed by atoms with van der Waals surface area (Å²) in [4.78, 5) is 21.9. The molecular formula is C12H22N2O3. The highest BCUT2D eigenvalue weighted by Gasteiger charge is 2.46. The van der Waals surface area contributed by atoms with Crippen molar-refractivity contribution in [1.29, 1.82) is 0 Å². The number of urea groups is 1. The molecule has 0 aromatic carbocycles. The fraction of sp³-hybridized carbons (Fsp3) is 0.833. The van der Waals surface area contributed by atoms with Crippen LogP contribution in [0, 0.1) is 5.41 Å². The van der Waals surface area contributed by atoms with Crippen LogP contribution in [0.3, 0.4) is 0 Å². The number of carboxylic acids is 1. The molecule has 0 spiro atoms. The minimum Gasteiger partial charge on any atom is -0.481 e. The molecular weight excluding hydrogens is 220 g/mol. The lowest BCUT2D eigenvalue weighted by atomic mass is 10.1. The minimum atomic E-state index is -0.790. The number of nitrogens with one attached hydrogen (secondary N) is 2. The van der Waals surface area contributed by atoms with Crippen LogP contribution < -0.4 is 10.6 Å². The Bertz CT molecular complexity index is 302. The Labute approximate surface area is 102 Å². The van der Waals surface area contributed by atoms with Gasteiger partial charge >= 0.3 is 12.0 Å². The van der Waals surface area contributed by atoms with E-state index in [2.05, 4.69) is 24.5 Å². The third kappa shape index (κ3) is 5.06. The molecule has 5 heteroatoms. The molecule has 2 unspecified atom stereocenters. The Kier molecular flexibility index (Phi) is 4.37. The monoisotopic (exact) mass is 242 g/mol. The summed E-state index contributed by atoms with van der Waals surface area (Å²) < 4.78 is 0. The second-order valence-electron chi connectivity index (χ2n) is 5.55. The van der Waals surface area contributed by atoms with Gasteiger partial charge < -0.3 is 15.7 Å². The maximum absolute atomic E-state index is 11.6. The smallest absolute Gasteiger partial charge is 0.315 e. The van der Waals surface area contributed by atoms with Gasteiger partial charge in [0.15, 0.2) is 0 Å². The molecule has 5 nitrogen and oxygen atoms in total. The van der Waals surface area contributed by atoms with Gasteiger partial charge in [-0.05, 0) is 31.6 Å². The van der Waals surface area contributed by atoms with Crippen molar-refractivity contribution in [2.75, 3.05) is 0 Å². The lowest BCUT2D eigenvalue weighted by molar-refractivity contribution is -0.137. The van der Waals surface area contributed by atoms with Gasteiger partial charge in [-0.25, -0.2) is 4.79 Å². The van der Waals surface area contributed by atoms with Crippen molar-refractivity contribution < 1.29 is 14.7 Å². The number of hydrogen-bond donors (Lipinski definition) is 3. The van der Waals surface area contributed by atoms with Crippen LogP contribution in [0.25, 0.3) is 0 Å². The molecule has 1 saturated carbocycles. The van der Waals surface area contributed by atoms with E-state index in [1.165, 1.54) is 0 Å². The number of hydrogen-bond acceptors (Lipinski definition) is 2. The first-order valence-electron chi connectivity index (χ1n) is 6.10. The van der Waals surface area contributed by atoms with Crippen molar-refractivity contribution in [2.24, 2.45) is 5.41 Å². The highest BCUT2D eigenvalue weighted by molar-refractivity contribution is 5.75. The average molecular weight is 242 g/mol. The van der Waals surface area contributed by atoms with Gasteiger partial charge in [-0.2, -0.15) is 0 Å². The van der Waals surface area contributed by atoms with Crippen LogP contribution in [0.4, 0.5) is 4.79 Å². The predicted molar refractivity (Wildman–Crippen MR) is 64.8 cm³/mol. The Morgan fingerprint density at radius 3 is 2.53 bits per heavy atom. The molecule has 1 fully saturated rings. The summed E-state index contributed by atoms with van der Waals surface area (Å²) in [6.45, 7) is 6.13. The maximum atomic E-state index is 11.6. The number of amides is 2. The van der Waals surface area contributed by atoms with Crippen LogP contribution in [-0.4, -0.2) is 29.2 Å². The normalized spacial score (nSPS) is 22.6. The Morgan fingerprint density at radius 2 is 2.06 bits per heavy atom. The second kappa shape index (κ2) is 5.38.